The molecule has 0 aliphatic heterocycles. The zero-order valence-electron chi connectivity index (χ0n) is 13.4. The van der Waals surface area contributed by atoms with Gasteiger partial charge < -0.3 is 0 Å². The predicted molar refractivity (Wildman–Crippen MR) is 88.5 cm³/mol. The van der Waals surface area contributed by atoms with E-state index in [1.807, 2.05) is 0 Å². The van der Waals surface area contributed by atoms with E-state index in [2.05, 4.69) is 15.2 Å². The Morgan fingerprint density at radius 3 is 2.46 bits per heavy atom. The van der Waals surface area contributed by atoms with E-state index in [4.69, 9.17) is 0 Å². The molecule has 0 saturated carbocycles. The Hall–Kier alpha value is -3.36. The maximum Gasteiger partial charge on any atom is 0.433 e. The van der Waals surface area contributed by atoms with Crippen molar-refractivity contribution in [3.8, 4) is 22.4 Å². The number of aromatic amines is 1. The number of alkyl halides is 3. The molecule has 1 N–H and O–H groups in total. The molecule has 9 heteroatoms. The van der Waals surface area contributed by atoms with Crippen LogP contribution in [0.3, 0.4) is 0 Å². The lowest BCUT2D eigenvalue weighted by molar-refractivity contribution is -0.140. The first-order valence-electron chi connectivity index (χ1n) is 7.62. The van der Waals surface area contributed by atoms with Crippen LogP contribution in [0.15, 0.2) is 53.6 Å². The summed E-state index contributed by atoms with van der Waals surface area (Å²) in [4.78, 5) is 16.7. The van der Waals surface area contributed by atoms with Crippen molar-refractivity contribution in [3.05, 3.63) is 64.8 Å². The molecule has 26 heavy (non-hydrogen) atoms. The number of rotatable bonds is 2. The SMILES string of the molecule is Cn1cc(-c2cc(=O)n3[nH]c(C(F)(F)F)c(-c4ccccc4)c3n2)cn1. The summed E-state index contributed by atoms with van der Waals surface area (Å²) in [6.45, 7) is 0. The summed E-state index contributed by atoms with van der Waals surface area (Å²) in [7, 11) is 1.70. The minimum atomic E-state index is -4.67. The van der Waals surface area contributed by atoms with Crippen LogP contribution in [0.25, 0.3) is 28.0 Å². The van der Waals surface area contributed by atoms with Crippen LogP contribution >= 0.6 is 0 Å². The van der Waals surface area contributed by atoms with Crippen molar-refractivity contribution in [1.82, 2.24) is 24.4 Å². The molecule has 6 nitrogen and oxygen atoms in total. The van der Waals surface area contributed by atoms with Gasteiger partial charge in [0.2, 0.25) is 0 Å². The van der Waals surface area contributed by atoms with E-state index in [0.717, 1.165) is 4.52 Å². The molecule has 3 aromatic heterocycles. The number of halogens is 3. The Balaban J connectivity index is 2.08. The molecular formula is C17H12F3N5O. The van der Waals surface area contributed by atoms with Crippen LogP contribution in [0.2, 0.25) is 0 Å². The third kappa shape index (κ3) is 2.57. The molecule has 0 fully saturated rings. The minimum Gasteiger partial charge on any atom is -0.284 e. The molecule has 0 unspecified atom stereocenters. The molecule has 1 aromatic carbocycles. The molecule has 0 amide bonds. The van der Waals surface area contributed by atoms with Crippen LogP contribution in [-0.2, 0) is 13.2 Å². The number of nitrogens with one attached hydrogen (secondary N) is 1. The van der Waals surface area contributed by atoms with E-state index >= 15 is 0 Å². The lowest BCUT2D eigenvalue weighted by Gasteiger charge is -2.07. The van der Waals surface area contributed by atoms with E-state index in [0.29, 0.717) is 11.1 Å². The highest BCUT2D eigenvalue weighted by molar-refractivity contribution is 5.81. The summed E-state index contributed by atoms with van der Waals surface area (Å²) in [6, 6.07) is 9.22. The van der Waals surface area contributed by atoms with Gasteiger partial charge in [0.1, 0.15) is 5.69 Å². The number of H-pyrrole nitrogens is 1. The lowest BCUT2D eigenvalue weighted by Crippen LogP contribution is -2.15. The van der Waals surface area contributed by atoms with Crippen molar-refractivity contribution in [1.29, 1.82) is 0 Å². The van der Waals surface area contributed by atoms with Crippen LogP contribution in [0.5, 0.6) is 0 Å². The van der Waals surface area contributed by atoms with Crippen LogP contribution in [0.1, 0.15) is 5.69 Å². The summed E-state index contributed by atoms with van der Waals surface area (Å²) >= 11 is 0. The van der Waals surface area contributed by atoms with Gasteiger partial charge in [-0.1, -0.05) is 30.3 Å². The molecule has 0 saturated heterocycles. The molecule has 4 rings (SSSR count). The molecular weight excluding hydrogens is 347 g/mol. The third-order valence-corrected chi connectivity index (χ3v) is 3.96. The Kier molecular flexibility index (Phi) is 3.46. The van der Waals surface area contributed by atoms with E-state index in [-0.39, 0.29) is 16.9 Å². The first kappa shape index (κ1) is 16.1. The van der Waals surface area contributed by atoms with Crippen LogP contribution in [-0.4, -0.2) is 24.4 Å². The van der Waals surface area contributed by atoms with E-state index in [1.54, 1.807) is 43.6 Å². The van der Waals surface area contributed by atoms with Gasteiger partial charge in [0.05, 0.1) is 17.5 Å². The fourth-order valence-corrected chi connectivity index (χ4v) is 2.82. The van der Waals surface area contributed by atoms with Crippen molar-refractivity contribution in [3.63, 3.8) is 0 Å². The quantitative estimate of drug-likeness (QED) is 0.598. The van der Waals surface area contributed by atoms with E-state index < -0.39 is 17.4 Å². The Bertz CT molecular complexity index is 1150. The van der Waals surface area contributed by atoms with Gasteiger partial charge in [0.25, 0.3) is 5.56 Å². The zero-order valence-corrected chi connectivity index (χ0v) is 13.4. The number of benzene rings is 1. The fraction of sp³-hybridized carbons (Fsp3) is 0.118. The molecule has 0 atom stereocenters. The monoisotopic (exact) mass is 359 g/mol. The average Bonchev–Trinajstić information content (AvgIpc) is 3.19. The summed E-state index contributed by atoms with van der Waals surface area (Å²) in [6.07, 6.45) is -1.53. The van der Waals surface area contributed by atoms with Crippen molar-refractivity contribution in [2.45, 2.75) is 6.18 Å². The van der Waals surface area contributed by atoms with Crippen LogP contribution < -0.4 is 5.56 Å². The average molecular weight is 359 g/mol. The highest BCUT2D eigenvalue weighted by Crippen LogP contribution is 2.38. The summed E-state index contributed by atoms with van der Waals surface area (Å²) in [5.74, 6) is 0. The molecule has 132 valence electrons. The van der Waals surface area contributed by atoms with Crippen LogP contribution in [0.4, 0.5) is 13.2 Å². The first-order valence-corrected chi connectivity index (χ1v) is 7.62. The van der Waals surface area contributed by atoms with Crippen molar-refractivity contribution in [2.75, 3.05) is 0 Å². The number of aromatic nitrogens is 5. The smallest absolute Gasteiger partial charge is 0.284 e. The Morgan fingerprint density at radius 2 is 1.85 bits per heavy atom. The number of nitrogens with zero attached hydrogens (tertiary/aromatic N) is 4. The number of aryl methyl sites for hydroxylation is 1. The van der Waals surface area contributed by atoms with Crippen molar-refractivity contribution >= 4 is 5.65 Å². The normalized spacial score (nSPS) is 12.0. The predicted octanol–water partition coefficient (Wildman–Crippen LogP) is 3.11. The van der Waals surface area contributed by atoms with Crippen molar-refractivity contribution in [2.24, 2.45) is 7.05 Å². The second-order valence-electron chi connectivity index (χ2n) is 5.77. The summed E-state index contributed by atoms with van der Waals surface area (Å²) in [5.41, 5.74) is -0.795. The van der Waals surface area contributed by atoms with Crippen molar-refractivity contribution < 1.29 is 13.2 Å². The van der Waals surface area contributed by atoms with Crippen LogP contribution in [0, 0.1) is 0 Å². The summed E-state index contributed by atoms with van der Waals surface area (Å²) < 4.78 is 43.0. The van der Waals surface area contributed by atoms with E-state index in [1.165, 1.54) is 16.9 Å². The highest BCUT2D eigenvalue weighted by atomic mass is 19.4. The van der Waals surface area contributed by atoms with E-state index in [9.17, 15) is 18.0 Å². The number of hydrogen-bond donors (Lipinski definition) is 1. The van der Waals surface area contributed by atoms with Gasteiger partial charge >= 0.3 is 6.18 Å². The first-order chi connectivity index (χ1) is 12.3. The Morgan fingerprint density at radius 1 is 1.12 bits per heavy atom. The van der Waals surface area contributed by atoms with Gasteiger partial charge in [0, 0.05) is 24.9 Å². The molecule has 4 aromatic rings. The third-order valence-electron chi connectivity index (χ3n) is 3.96. The molecule has 0 aliphatic carbocycles. The second-order valence-corrected chi connectivity index (χ2v) is 5.77. The zero-order chi connectivity index (χ0) is 18.5. The standard InChI is InChI=1S/C17H12F3N5O/c1-24-9-11(8-21-24)12-7-13(26)25-16(22-12)14(10-5-3-2-4-6-10)15(23-25)17(18,19)20/h2-9,23H,1H3. The number of fused-ring (bicyclic) bond motifs is 1. The topological polar surface area (TPSA) is 68.0 Å². The van der Waals surface area contributed by atoms with Gasteiger partial charge in [-0.2, -0.15) is 18.3 Å². The molecule has 0 bridgehead atoms. The fourth-order valence-electron chi connectivity index (χ4n) is 2.82. The van der Waals surface area contributed by atoms with Gasteiger partial charge in [-0.15, -0.1) is 0 Å². The van der Waals surface area contributed by atoms with Gasteiger partial charge in [0.15, 0.2) is 5.65 Å². The maximum atomic E-state index is 13.5. The highest BCUT2D eigenvalue weighted by Gasteiger charge is 2.38. The summed E-state index contributed by atoms with van der Waals surface area (Å²) in [5, 5.41) is 6.16. The lowest BCUT2D eigenvalue weighted by atomic mass is 10.1. The van der Waals surface area contributed by atoms with Gasteiger partial charge in [-0.25, -0.2) is 9.50 Å². The largest absolute Gasteiger partial charge is 0.433 e. The second kappa shape index (κ2) is 5.58. The number of hydrogen-bond acceptors (Lipinski definition) is 3. The Labute approximate surface area is 144 Å². The molecule has 0 aliphatic rings. The minimum absolute atomic E-state index is 0.0881. The molecule has 0 radical (unpaired) electrons. The maximum absolute atomic E-state index is 13.5. The van der Waals surface area contributed by atoms with Gasteiger partial charge in [-0.3, -0.25) is 14.6 Å². The molecule has 3 heterocycles. The van der Waals surface area contributed by atoms with Gasteiger partial charge in [-0.05, 0) is 5.56 Å². The molecule has 0 spiro atoms.